The number of hydrogen-bond donors (Lipinski definition) is 2. The Morgan fingerprint density at radius 1 is 1.09 bits per heavy atom. The van der Waals surface area contributed by atoms with Crippen molar-refractivity contribution >= 4 is 28.5 Å². The summed E-state index contributed by atoms with van der Waals surface area (Å²) in [4.78, 5) is 17.2. The smallest absolute Gasteiger partial charge is 0.227 e. The van der Waals surface area contributed by atoms with Crippen LogP contribution >= 0.6 is 11.6 Å². The lowest BCUT2D eigenvalue weighted by Crippen LogP contribution is -2.28. The van der Waals surface area contributed by atoms with E-state index in [1.807, 2.05) is 41.0 Å². The highest BCUT2D eigenvalue weighted by Crippen LogP contribution is 2.18. The standard InChI is InChI=1S/C26H25ClFN3O3/c27-20-11-9-18(10-12-20)14-29-26(33)13-25-30-23-7-3-4-8-24(23)31(25)15-21(32)17-34-16-19-5-1-2-6-22(19)28/h1-12,21,32H,13-17H2,(H,29,33). The topological polar surface area (TPSA) is 76.4 Å². The molecule has 0 bridgehead atoms. The van der Waals surface area contributed by atoms with Crippen molar-refractivity contribution in [2.45, 2.75) is 32.2 Å². The van der Waals surface area contributed by atoms with Crippen LogP contribution in [0.3, 0.4) is 0 Å². The van der Waals surface area contributed by atoms with Gasteiger partial charge < -0.3 is 19.7 Å². The molecule has 4 rings (SSSR count). The van der Waals surface area contributed by atoms with Gasteiger partial charge in [-0.1, -0.05) is 54.1 Å². The molecule has 0 saturated carbocycles. The van der Waals surface area contributed by atoms with Crippen LogP contribution in [0.25, 0.3) is 11.0 Å². The maximum atomic E-state index is 13.8. The van der Waals surface area contributed by atoms with Crippen LogP contribution in [0.2, 0.25) is 5.02 Å². The molecule has 0 spiro atoms. The molecule has 1 heterocycles. The van der Waals surface area contributed by atoms with E-state index in [4.69, 9.17) is 16.3 Å². The molecule has 4 aromatic rings. The number of carbonyl (C=O) groups excluding carboxylic acids is 1. The lowest BCUT2D eigenvalue weighted by atomic mass is 10.2. The highest BCUT2D eigenvalue weighted by molar-refractivity contribution is 6.30. The molecule has 0 aliphatic heterocycles. The number of nitrogens with one attached hydrogen (secondary N) is 1. The van der Waals surface area contributed by atoms with Gasteiger partial charge in [0.2, 0.25) is 5.91 Å². The number of aliphatic hydroxyl groups is 1. The molecule has 0 aliphatic carbocycles. The molecule has 1 aromatic heterocycles. The second-order valence-electron chi connectivity index (χ2n) is 7.97. The van der Waals surface area contributed by atoms with E-state index in [-0.39, 0.29) is 37.9 Å². The summed E-state index contributed by atoms with van der Waals surface area (Å²) >= 11 is 5.90. The molecule has 2 N–H and O–H groups in total. The second kappa shape index (κ2) is 11.2. The first kappa shape index (κ1) is 23.9. The molecule has 1 unspecified atom stereocenters. The van der Waals surface area contributed by atoms with Gasteiger partial charge in [0.05, 0.1) is 43.3 Å². The van der Waals surface area contributed by atoms with Crippen molar-refractivity contribution in [1.29, 1.82) is 0 Å². The van der Waals surface area contributed by atoms with Crippen molar-refractivity contribution in [1.82, 2.24) is 14.9 Å². The van der Waals surface area contributed by atoms with Crippen molar-refractivity contribution in [2.75, 3.05) is 6.61 Å². The number of aromatic nitrogens is 2. The first-order chi connectivity index (χ1) is 16.5. The van der Waals surface area contributed by atoms with Gasteiger partial charge in [-0.25, -0.2) is 9.37 Å². The Hall–Kier alpha value is -3.26. The molecule has 0 saturated heterocycles. The van der Waals surface area contributed by atoms with Crippen LogP contribution < -0.4 is 5.32 Å². The molecular weight excluding hydrogens is 457 g/mol. The van der Waals surface area contributed by atoms with Gasteiger partial charge in [-0.3, -0.25) is 4.79 Å². The van der Waals surface area contributed by atoms with Gasteiger partial charge in [-0.05, 0) is 35.9 Å². The minimum Gasteiger partial charge on any atom is -0.389 e. The van der Waals surface area contributed by atoms with Crippen LogP contribution in [0.5, 0.6) is 0 Å². The van der Waals surface area contributed by atoms with Gasteiger partial charge in [-0.2, -0.15) is 0 Å². The third kappa shape index (κ3) is 6.20. The molecule has 8 heteroatoms. The van der Waals surface area contributed by atoms with Crippen LogP contribution in [0.15, 0.2) is 72.8 Å². The van der Waals surface area contributed by atoms with Crippen LogP contribution in [0.1, 0.15) is 17.0 Å². The van der Waals surface area contributed by atoms with Gasteiger partial charge in [0.25, 0.3) is 0 Å². The minimum absolute atomic E-state index is 0.0169. The summed E-state index contributed by atoms with van der Waals surface area (Å²) in [6.45, 7) is 0.651. The lowest BCUT2D eigenvalue weighted by molar-refractivity contribution is -0.120. The summed E-state index contributed by atoms with van der Waals surface area (Å²) in [5.41, 5.74) is 2.92. The fourth-order valence-electron chi connectivity index (χ4n) is 3.66. The molecule has 0 fully saturated rings. The van der Waals surface area contributed by atoms with E-state index in [0.29, 0.717) is 23.0 Å². The summed E-state index contributed by atoms with van der Waals surface area (Å²) < 4.78 is 21.1. The van der Waals surface area contributed by atoms with Crippen LogP contribution in [0.4, 0.5) is 4.39 Å². The van der Waals surface area contributed by atoms with E-state index in [1.54, 1.807) is 30.3 Å². The zero-order valence-corrected chi connectivity index (χ0v) is 19.2. The van der Waals surface area contributed by atoms with Gasteiger partial charge in [0.1, 0.15) is 11.6 Å². The summed E-state index contributed by atoms with van der Waals surface area (Å²) in [6.07, 6.45) is -0.800. The number of imidazole rings is 1. The van der Waals surface area contributed by atoms with Crippen LogP contribution in [-0.2, 0) is 35.6 Å². The van der Waals surface area contributed by atoms with Crippen molar-refractivity contribution in [3.8, 4) is 0 Å². The Bertz CT molecular complexity index is 1260. The Balaban J connectivity index is 1.39. The first-order valence-electron chi connectivity index (χ1n) is 10.9. The van der Waals surface area contributed by atoms with Gasteiger partial charge in [0, 0.05) is 17.1 Å². The number of aliphatic hydroxyl groups excluding tert-OH is 1. The predicted octanol–water partition coefficient (Wildman–Crippen LogP) is 4.27. The number of hydrogen-bond acceptors (Lipinski definition) is 4. The number of nitrogens with zero attached hydrogens (tertiary/aromatic N) is 2. The number of rotatable bonds is 10. The van der Waals surface area contributed by atoms with E-state index in [9.17, 15) is 14.3 Å². The fourth-order valence-corrected chi connectivity index (χ4v) is 3.78. The van der Waals surface area contributed by atoms with E-state index < -0.39 is 6.10 Å². The minimum atomic E-state index is -0.861. The maximum Gasteiger partial charge on any atom is 0.227 e. The highest BCUT2D eigenvalue weighted by Gasteiger charge is 2.17. The quantitative estimate of drug-likeness (QED) is 0.355. The SMILES string of the molecule is O=C(Cc1nc2ccccc2n1CC(O)COCc1ccccc1F)NCc1ccc(Cl)cc1. The van der Waals surface area contributed by atoms with E-state index >= 15 is 0 Å². The number of carbonyl (C=O) groups is 1. The van der Waals surface area contributed by atoms with Gasteiger partial charge in [-0.15, -0.1) is 0 Å². The Kier molecular flexibility index (Phi) is 7.90. The second-order valence-corrected chi connectivity index (χ2v) is 8.40. The van der Waals surface area contributed by atoms with Crippen molar-refractivity contribution in [3.63, 3.8) is 0 Å². The number of amides is 1. The first-order valence-corrected chi connectivity index (χ1v) is 11.3. The molecular formula is C26H25ClFN3O3. The normalized spacial score (nSPS) is 12.1. The predicted molar refractivity (Wildman–Crippen MR) is 129 cm³/mol. The number of ether oxygens (including phenoxy) is 1. The monoisotopic (exact) mass is 481 g/mol. The number of para-hydroxylation sites is 2. The Labute approximate surface area is 202 Å². The van der Waals surface area contributed by atoms with E-state index in [0.717, 1.165) is 16.6 Å². The number of fused-ring (bicyclic) bond motifs is 1. The van der Waals surface area contributed by atoms with E-state index in [1.165, 1.54) is 6.07 Å². The lowest BCUT2D eigenvalue weighted by Gasteiger charge is -2.15. The molecule has 176 valence electrons. The third-order valence-electron chi connectivity index (χ3n) is 5.37. The molecule has 0 radical (unpaired) electrons. The molecule has 6 nitrogen and oxygen atoms in total. The molecule has 3 aromatic carbocycles. The summed E-state index contributed by atoms with van der Waals surface area (Å²) in [7, 11) is 0. The van der Waals surface area contributed by atoms with E-state index in [2.05, 4.69) is 10.3 Å². The Morgan fingerprint density at radius 3 is 2.62 bits per heavy atom. The van der Waals surface area contributed by atoms with Crippen LogP contribution in [0, 0.1) is 5.82 Å². The largest absolute Gasteiger partial charge is 0.389 e. The van der Waals surface area contributed by atoms with Gasteiger partial charge >= 0.3 is 0 Å². The third-order valence-corrected chi connectivity index (χ3v) is 5.63. The molecule has 34 heavy (non-hydrogen) atoms. The maximum absolute atomic E-state index is 13.8. The van der Waals surface area contributed by atoms with Crippen molar-refractivity contribution in [2.24, 2.45) is 0 Å². The number of benzene rings is 3. The Morgan fingerprint density at radius 2 is 1.82 bits per heavy atom. The highest BCUT2D eigenvalue weighted by atomic mass is 35.5. The zero-order valence-electron chi connectivity index (χ0n) is 18.5. The summed E-state index contributed by atoms with van der Waals surface area (Å²) in [5.74, 6) is 0.0178. The molecule has 1 amide bonds. The van der Waals surface area contributed by atoms with Crippen molar-refractivity contribution < 1.29 is 19.0 Å². The molecule has 1 atom stereocenters. The fraction of sp³-hybridized carbons (Fsp3) is 0.231. The average Bonchev–Trinajstić information content (AvgIpc) is 3.16. The zero-order chi connectivity index (χ0) is 23.9. The van der Waals surface area contributed by atoms with Gasteiger partial charge in [0.15, 0.2) is 0 Å². The van der Waals surface area contributed by atoms with Crippen LogP contribution in [-0.4, -0.2) is 33.3 Å². The summed E-state index contributed by atoms with van der Waals surface area (Å²) in [6, 6.07) is 21.1. The summed E-state index contributed by atoms with van der Waals surface area (Å²) in [5, 5.41) is 14.1. The molecule has 0 aliphatic rings. The van der Waals surface area contributed by atoms with Crippen molar-refractivity contribution in [3.05, 3.63) is 101 Å². The average molecular weight is 482 g/mol. The number of halogens is 2.